The first kappa shape index (κ1) is 16.7. The van der Waals surface area contributed by atoms with Gasteiger partial charge in [-0.3, -0.25) is 9.89 Å². The molecule has 2 N–H and O–H groups in total. The number of allylic oxidation sites excluding steroid dienone is 1. The molecule has 1 aromatic carbocycles. The van der Waals surface area contributed by atoms with Crippen LogP contribution in [-0.4, -0.2) is 34.5 Å². The molecule has 9 heteroatoms. The molecule has 8 nitrogen and oxygen atoms in total. The summed E-state index contributed by atoms with van der Waals surface area (Å²) < 4.78 is 30.0. The monoisotopic (exact) mass is 359 g/mol. The third-order valence-corrected chi connectivity index (χ3v) is 4.98. The molecule has 0 bridgehead atoms. The number of benzene rings is 1. The van der Waals surface area contributed by atoms with Gasteiger partial charge < -0.3 is 9.52 Å². The number of ketones is 1. The van der Waals surface area contributed by atoms with Crippen LogP contribution in [0.25, 0.3) is 5.76 Å². The summed E-state index contributed by atoms with van der Waals surface area (Å²) in [5, 5.41) is 15.9. The summed E-state index contributed by atoms with van der Waals surface area (Å²) in [5.74, 6) is -1.58. The van der Waals surface area contributed by atoms with Gasteiger partial charge in [0.1, 0.15) is 17.8 Å². The normalized spacial score (nSPS) is 12.2. The predicted molar refractivity (Wildman–Crippen MR) is 87.4 cm³/mol. The first-order chi connectivity index (χ1) is 12.0. The van der Waals surface area contributed by atoms with E-state index in [0.717, 1.165) is 6.08 Å². The summed E-state index contributed by atoms with van der Waals surface area (Å²) in [7, 11) is -3.67. The van der Waals surface area contributed by atoms with Gasteiger partial charge in [-0.25, -0.2) is 13.4 Å². The Morgan fingerprint density at radius 3 is 2.68 bits per heavy atom. The molecule has 0 saturated heterocycles. The summed E-state index contributed by atoms with van der Waals surface area (Å²) >= 11 is 0. The van der Waals surface area contributed by atoms with Gasteiger partial charge in [-0.05, 0) is 18.2 Å². The smallest absolute Gasteiger partial charge is 0.215 e. The van der Waals surface area contributed by atoms with Gasteiger partial charge in [-0.1, -0.05) is 18.2 Å². The summed E-state index contributed by atoms with van der Waals surface area (Å²) in [6, 6.07) is 9.21. The number of aromatic nitrogens is 3. The van der Waals surface area contributed by atoms with Crippen LogP contribution in [0.5, 0.6) is 0 Å². The van der Waals surface area contributed by atoms with Crippen molar-refractivity contribution in [3.8, 4) is 0 Å². The van der Waals surface area contributed by atoms with E-state index in [1.165, 1.54) is 30.8 Å². The lowest BCUT2D eigenvalue weighted by molar-refractivity contribution is 0.104. The van der Waals surface area contributed by atoms with E-state index in [1.807, 2.05) is 0 Å². The number of furan rings is 1. The summed E-state index contributed by atoms with van der Waals surface area (Å²) in [6.45, 7) is 0. The fourth-order valence-electron chi connectivity index (χ4n) is 2.15. The maximum absolute atomic E-state index is 12.4. The Morgan fingerprint density at radius 2 is 2.00 bits per heavy atom. The first-order valence-corrected chi connectivity index (χ1v) is 8.78. The number of sulfone groups is 1. The minimum absolute atomic E-state index is 0.00658. The Bertz CT molecular complexity index is 1010. The zero-order valence-corrected chi connectivity index (χ0v) is 13.6. The van der Waals surface area contributed by atoms with Crippen LogP contribution in [0, 0.1) is 0 Å². The SMILES string of the molecule is O=C(C=C(O)c1nc[nH]n1)c1ccoc1CS(=O)(=O)c1ccccc1. The molecule has 2 aromatic heterocycles. The average Bonchev–Trinajstić information content (AvgIpc) is 3.27. The van der Waals surface area contributed by atoms with Crippen LogP contribution in [0.2, 0.25) is 0 Å². The van der Waals surface area contributed by atoms with E-state index in [9.17, 15) is 18.3 Å². The highest BCUT2D eigenvalue weighted by molar-refractivity contribution is 7.90. The molecule has 3 rings (SSSR count). The first-order valence-electron chi connectivity index (χ1n) is 7.12. The number of rotatable bonds is 6. The third kappa shape index (κ3) is 3.66. The lowest BCUT2D eigenvalue weighted by atomic mass is 10.1. The van der Waals surface area contributed by atoms with E-state index in [-0.39, 0.29) is 22.0 Å². The molecule has 0 amide bonds. The molecule has 3 aromatic rings. The van der Waals surface area contributed by atoms with Crippen molar-refractivity contribution < 1.29 is 22.7 Å². The van der Waals surface area contributed by atoms with Crippen LogP contribution in [-0.2, 0) is 15.6 Å². The van der Waals surface area contributed by atoms with Crippen molar-refractivity contribution in [2.24, 2.45) is 0 Å². The van der Waals surface area contributed by atoms with Crippen molar-refractivity contribution in [1.82, 2.24) is 15.2 Å². The number of H-pyrrole nitrogens is 1. The van der Waals surface area contributed by atoms with Crippen molar-refractivity contribution in [3.05, 3.63) is 72.2 Å². The number of carbonyl (C=O) groups is 1. The molecule has 25 heavy (non-hydrogen) atoms. The Kier molecular flexibility index (Phi) is 4.48. The van der Waals surface area contributed by atoms with Gasteiger partial charge in [-0.15, -0.1) is 0 Å². The van der Waals surface area contributed by atoms with Crippen molar-refractivity contribution in [2.45, 2.75) is 10.6 Å². The molecule has 0 atom stereocenters. The number of carbonyl (C=O) groups excluding carboxylic acids is 1. The van der Waals surface area contributed by atoms with Gasteiger partial charge in [0.2, 0.25) is 5.82 Å². The van der Waals surface area contributed by atoms with Crippen LogP contribution < -0.4 is 0 Å². The Hall–Kier alpha value is -3.20. The molecule has 0 saturated carbocycles. The van der Waals surface area contributed by atoms with E-state index in [1.54, 1.807) is 18.2 Å². The van der Waals surface area contributed by atoms with E-state index >= 15 is 0 Å². The number of aromatic amines is 1. The topological polar surface area (TPSA) is 126 Å². The highest BCUT2D eigenvalue weighted by atomic mass is 32.2. The number of aliphatic hydroxyl groups excluding tert-OH is 1. The maximum Gasteiger partial charge on any atom is 0.215 e. The number of hydrogen-bond donors (Lipinski definition) is 2. The lowest BCUT2D eigenvalue weighted by Gasteiger charge is -2.03. The van der Waals surface area contributed by atoms with Crippen LogP contribution >= 0.6 is 0 Å². The van der Waals surface area contributed by atoms with Crippen molar-refractivity contribution in [3.63, 3.8) is 0 Å². The molecule has 0 aliphatic carbocycles. The van der Waals surface area contributed by atoms with Gasteiger partial charge in [0.15, 0.2) is 21.4 Å². The molecule has 128 valence electrons. The highest BCUT2D eigenvalue weighted by Crippen LogP contribution is 2.21. The van der Waals surface area contributed by atoms with Crippen molar-refractivity contribution >= 4 is 21.4 Å². The fraction of sp³-hybridized carbons (Fsp3) is 0.0625. The standard InChI is InChI=1S/C16H13N3O5S/c20-13(8-14(21)16-17-10-18-19-16)12-6-7-24-15(12)9-25(22,23)11-4-2-1-3-5-11/h1-8,10,21H,9H2,(H,17,18,19). The van der Waals surface area contributed by atoms with E-state index in [0.29, 0.717) is 0 Å². The Labute approximate surface area is 142 Å². The minimum Gasteiger partial charge on any atom is -0.504 e. The van der Waals surface area contributed by atoms with Gasteiger partial charge in [0.25, 0.3) is 0 Å². The number of aliphatic hydroxyl groups is 1. The zero-order valence-electron chi connectivity index (χ0n) is 12.8. The lowest BCUT2D eigenvalue weighted by Crippen LogP contribution is -2.07. The van der Waals surface area contributed by atoms with Crippen LogP contribution in [0.1, 0.15) is 21.9 Å². The minimum atomic E-state index is -3.67. The largest absolute Gasteiger partial charge is 0.504 e. The molecule has 0 aliphatic rings. The van der Waals surface area contributed by atoms with E-state index in [4.69, 9.17) is 4.42 Å². The summed E-state index contributed by atoms with van der Waals surface area (Å²) in [4.78, 5) is 16.1. The Morgan fingerprint density at radius 1 is 1.24 bits per heavy atom. The van der Waals surface area contributed by atoms with Gasteiger partial charge in [-0.2, -0.15) is 5.10 Å². The predicted octanol–water partition coefficient (Wildman–Crippen LogP) is 2.15. The summed E-state index contributed by atoms with van der Waals surface area (Å²) in [6.07, 6.45) is 3.38. The molecule has 2 heterocycles. The van der Waals surface area contributed by atoms with Gasteiger partial charge in [0.05, 0.1) is 16.7 Å². The average molecular weight is 359 g/mol. The maximum atomic E-state index is 12.4. The molecule has 0 radical (unpaired) electrons. The third-order valence-electron chi connectivity index (χ3n) is 3.35. The van der Waals surface area contributed by atoms with Crippen LogP contribution in [0.4, 0.5) is 0 Å². The molecule has 0 fully saturated rings. The zero-order chi connectivity index (χ0) is 17.9. The molecule has 0 spiro atoms. The van der Waals surface area contributed by atoms with E-state index < -0.39 is 27.1 Å². The van der Waals surface area contributed by atoms with Gasteiger partial charge >= 0.3 is 0 Å². The number of nitrogens with zero attached hydrogens (tertiary/aromatic N) is 2. The Balaban J connectivity index is 1.86. The molecule has 0 aliphatic heterocycles. The molecule has 0 unspecified atom stereocenters. The molecular formula is C16H13N3O5S. The van der Waals surface area contributed by atoms with Gasteiger partial charge in [0, 0.05) is 6.08 Å². The van der Waals surface area contributed by atoms with Crippen LogP contribution in [0.15, 0.2) is 64.4 Å². The highest BCUT2D eigenvalue weighted by Gasteiger charge is 2.22. The van der Waals surface area contributed by atoms with Crippen LogP contribution in [0.3, 0.4) is 0 Å². The van der Waals surface area contributed by atoms with Crippen molar-refractivity contribution in [2.75, 3.05) is 0 Å². The quantitative estimate of drug-likeness (QED) is 0.392. The molecular weight excluding hydrogens is 346 g/mol. The second-order valence-corrected chi connectivity index (χ2v) is 7.04. The second-order valence-electron chi connectivity index (χ2n) is 5.05. The second kappa shape index (κ2) is 6.73. The summed E-state index contributed by atoms with van der Waals surface area (Å²) in [5.41, 5.74) is 0.0431. The number of hydrogen-bond acceptors (Lipinski definition) is 7. The fourth-order valence-corrected chi connectivity index (χ4v) is 3.46. The van der Waals surface area contributed by atoms with E-state index in [2.05, 4.69) is 15.2 Å². The number of nitrogens with one attached hydrogen (secondary N) is 1. The van der Waals surface area contributed by atoms with Crippen molar-refractivity contribution in [1.29, 1.82) is 0 Å².